The van der Waals surface area contributed by atoms with E-state index in [2.05, 4.69) is 4.85 Å². The smallest absolute Gasteiger partial charge is 0.300 e. The first kappa shape index (κ1) is 13.1. The van der Waals surface area contributed by atoms with Gasteiger partial charge in [0.25, 0.3) is 5.78 Å². The number of nitrogens with zero attached hydrogens (tertiary/aromatic N) is 2. The first-order valence-corrected chi connectivity index (χ1v) is 6.57. The highest BCUT2D eigenvalue weighted by Gasteiger charge is 2.43. The maximum Gasteiger partial charge on any atom is 0.362 e. The summed E-state index contributed by atoms with van der Waals surface area (Å²) < 4.78 is 0. The molecule has 1 heterocycles. The number of anilines is 1. The van der Waals surface area contributed by atoms with Crippen LogP contribution in [0.3, 0.4) is 0 Å². The molecule has 0 bridgehead atoms. The molecule has 2 aromatic carbocycles. The molecule has 3 rings (SSSR count). The van der Waals surface area contributed by atoms with Crippen LogP contribution in [0.15, 0.2) is 54.6 Å². The quantitative estimate of drug-likeness (QED) is 0.625. The highest BCUT2D eigenvalue weighted by molar-refractivity contribution is 6.25. The second-order valence-corrected chi connectivity index (χ2v) is 4.82. The highest BCUT2D eigenvalue weighted by Crippen LogP contribution is 2.30. The SMILES string of the molecule is [C-]#[N+]C1C(=O)c2ccccc2N(Cc2ccccc2)C1=O. The Balaban J connectivity index is 2.06. The topological polar surface area (TPSA) is 41.7 Å². The van der Waals surface area contributed by atoms with Gasteiger partial charge in [-0.1, -0.05) is 42.5 Å². The molecule has 102 valence electrons. The van der Waals surface area contributed by atoms with Gasteiger partial charge in [-0.15, -0.1) is 0 Å². The Morgan fingerprint density at radius 1 is 1.00 bits per heavy atom. The van der Waals surface area contributed by atoms with Crippen LogP contribution >= 0.6 is 0 Å². The molecule has 0 N–H and O–H groups in total. The van der Waals surface area contributed by atoms with E-state index < -0.39 is 17.7 Å². The summed E-state index contributed by atoms with van der Waals surface area (Å²) >= 11 is 0. The summed E-state index contributed by atoms with van der Waals surface area (Å²) in [6, 6.07) is 15.2. The fourth-order valence-electron chi connectivity index (χ4n) is 2.49. The van der Waals surface area contributed by atoms with Crippen LogP contribution in [-0.2, 0) is 11.3 Å². The number of carbonyl (C=O) groups excluding carboxylic acids is 2. The number of hydrogen-bond acceptors (Lipinski definition) is 2. The monoisotopic (exact) mass is 276 g/mol. The summed E-state index contributed by atoms with van der Waals surface area (Å²) in [6.07, 6.45) is 0. The van der Waals surface area contributed by atoms with Crippen molar-refractivity contribution in [2.45, 2.75) is 12.6 Å². The third kappa shape index (κ3) is 2.19. The molecule has 0 fully saturated rings. The number of ketones is 1. The van der Waals surface area contributed by atoms with E-state index in [-0.39, 0.29) is 0 Å². The van der Waals surface area contributed by atoms with E-state index in [0.717, 1.165) is 5.56 Å². The summed E-state index contributed by atoms with van der Waals surface area (Å²) in [5, 5.41) is 0. The molecular formula is C17H12N2O2. The summed E-state index contributed by atoms with van der Waals surface area (Å²) in [5.74, 6) is -0.854. The zero-order valence-electron chi connectivity index (χ0n) is 11.2. The number of hydrogen-bond donors (Lipinski definition) is 0. The highest BCUT2D eigenvalue weighted by atomic mass is 16.2. The molecule has 0 aromatic heterocycles. The molecule has 0 radical (unpaired) electrons. The second kappa shape index (κ2) is 5.22. The molecule has 21 heavy (non-hydrogen) atoms. The molecule has 0 saturated carbocycles. The van der Waals surface area contributed by atoms with Crippen LogP contribution in [0, 0.1) is 6.57 Å². The van der Waals surface area contributed by atoms with Gasteiger partial charge in [0.05, 0.1) is 17.8 Å². The molecular weight excluding hydrogens is 264 g/mol. The van der Waals surface area contributed by atoms with E-state index in [9.17, 15) is 9.59 Å². The fraction of sp³-hybridized carbons (Fsp3) is 0.118. The zero-order chi connectivity index (χ0) is 14.8. The molecule has 1 unspecified atom stereocenters. The van der Waals surface area contributed by atoms with Gasteiger partial charge in [0.15, 0.2) is 0 Å². The van der Waals surface area contributed by atoms with Gasteiger partial charge >= 0.3 is 11.9 Å². The summed E-state index contributed by atoms with van der Waals surface area (Å²) in [4.78, 5) is 29.4. The van der Waals surface area contributed by atoms with Crippen molar-refractivity contribution in [3.05, 3.63) is 77.1 Å². The number of para-hydroxylation sites is 1. The lowest BCUT2D eigenvalue weighted by molar-refractivity contribution is -0.118. The zero-order valence-corrected chi connectivity index (χ0v) is 11.2. The number of fused-ring (bicyclic) bond motifs is 1. The van der Waals surface area contributed by atoms with Crippen molar-refractivity contribution in [3.63, 3.8) is 0 Å². The molecule has 0 saturated heterocycles. The molecule has 0 spiro atoms. The van der Waals surface area contributed by atoms with Gasteiger partial charge in [0.1, 0.15) is 0 Å². The Kier molecular flexibility index (Phi) is 3.25. The minimum Gasteiger partial charge on any atom is -0.300 e. The minimum absolute atomic E-state index is 0.357. The van der Waals surface area contributed by atoms with Gasteiger partial charge < -0.3 is 4.90 Å². The average molecular weight is 276 g/mol. The van der Waals surface area contributed by atoms with Crippen LogP contribution in [0.5, 0.6) is 0 Å². The standard InChI is InChI=1S/C17H12N2O2/c1-18-15-16(20)13-9-5-6-10-14(13)19(17(15)21)11-12-7-3-2-4-8-12/h2-10,15H,11H2. The van der Waals surface area contributed by atoms with Crippen LogP contribution in [0.4, 0.5) is 5.69 Å². The van der Waals surface area contributed by atoms with Crippen LogP contribution in [0.25, 0.3) is 4.85 Å². The predicted octanol–water partition coefficient (Wildman–Crippen LogP) is 2.70. The van der Waals surface area contributed by atoms with E-state index >= 15 is 0 Å². The van der Waals surface area contributed by atoms with E-state index in [1.54, 1.807) is 24.3 Å². The molecule has 2 aromatic rings. The van der Waals surface area contributed by atoms with E-state index in [4.69, 9.17) is 6.57 Å². The van der Waals surface area contributed by atoms with Crippen LogP contribution < -0.4 is 4.90 Å². The largest absolute Gasteiger partial charge is 0.362 e. The first-order chi connectivity index (χ1) is 10.2. The van der Waals surface area contributed by atoms with Crippen molar-refractivity contribution < 1.29 is 9.59 Å². The minimum atomic E-state index is -1.26. The van der Waals surface area contributed by atoms with Crippen molar-refractivity contribution in [1.82, 2.24) is 0 Å². The van der Waals surface area contributed by atoms with Crippen LogP contribution in [-0.4, -0.2) is 17.7 Å². The molecule has 1 amide bonds. The van der Waals surface area contributed by atoms with Gasteiger partial charge in [-0.05, 0) is 17.7 Å². The van der Waals surface area contributed by atoms with E-state index in [0.29, 0.717) is 17.8 Å². The molecule has 4 heteroatoms. The van der Waals surface area contributed by atoms with Gasteiger partial charge in [0, 0.05) is 0 Å². The van der Waals surface area contributed by atoms with Crippen molar-refractivity contribution in [3.8, 4) is 0 Å². The first-order valence-electron chi connectivity index (χ1n) is 6.57. The molecule has 4 nitrogen and oxygen atoms in total. The van der Waals surface area contributed by atoms with Crippen molar-refractivity contribution in [1.29, 1.82) is 0 Å². The normalized spacial score (nSPS) is 17.3. The van der Waals surface area contributed by atoms with Gasteiger partial charge in [-0.3, -0.25) is 14.4 Å². The van der Waals surface area contributed by atoms with Crippen LogP contribution in [0.2, 0.25) is 0 Å². The van der Waals surface area contributed by atoms with E-state index in [1.165, 1.54) is 4.90 Å². The molecule has 0 aliphatic carbocycles. The Labute approximate surface area is 122 Å². The Hall–Kier alpha value is -2.93. The maximum absolute atomic E-state index is 12.4. The summed E-state index contributed by atoms with van der Waals surface area (Å²) in [5.41, 5.74) is 1.98. The Morgan fingerprint density at radius 3 is 2.38 bits per heavy atom. The number of carbonyl (C=O) groups is 2. The predicted molar refractivity (Wildman–Crippen MR) is 78.8 cm³/mol. The van der Waals surface area contributed by atoms with Gasteiger partial charge in [-0.25, -0.2) is 6.57 Å². The molecule has 1 aliphatic rings. The number of benzene rings is 2. The number of rotatable bonds is 2. The lowest BCUT2D eigenvalue weighted by Crippen LogP contribution is -2.46. The van der Waals surface area contributed by atoms with Crippen molar-refractivity contribution >= 4 is 17.4 Å². The van der Waals surface area contributed by atoms with Crippen LogP contribution in [0.1, 0.15) is 15.9 Å². The average Bonchev–Trinajstić information content (AvgIpc) is 2.53. The van der Waals surface area contributed by atoms with Gasteiger partial charge in [0.2, 0.25) is 0 Å². The fourth-order valence-corrected chi connectivity index (χ4v) is 2.49. The Morgan fingerprint density at radius 2 is 1.67 bits per heavy atom. The van der Waals surface area contributed by atoms with Gasteiger partial charge in [-0.2, -0.15) is 0 Å². The lowest BCUT2D eigenvalue weighted by atomic mass is 9.95. The third-order valence-electron chi connectivity index (χ3n) is 3.52. The second-order valence-electron chi connectivity index (χ2n) is 4.82. The molecule has 1 atom stereocenters. The Bertz CT molecular complexity index is 747. The third-order valence-corrected chi connectivity index (χ3v) is 3.52. The van der Waals surface area contributed by atoms with Crippen molar-refractivity contribution in [2.75, 3.05) is 4.90 Å². The van der Waals surface area contributed by atoms with Crippen molar-refractivity contribution in [2.24, 2.45) is 0 Å². The summed E-state index contributed by atoms with van der Waals surface area (Å²) in [7, 11) is 0. The number of Topliss-reactive ketones (excluding diaryl/α,β-unsaturated/α-hetero) is 1. The van der Waals surface area contributed by atoms with E-state index in [1.807, 2.05) is 30.3 Å². The number of amides is 1. The summed E-state index contributed by atoms with van der Waals surface area (Å²) in [6.45, 7) is 7.48. The maximum atomic E-state index is 12.4. The lowest BCUT2D eigenvalue weighted by Gasteiger charge is -2.28. The molecule has 1 aliphatic heterocycles.